The van der Waals surface area contributed by atoms with Gasteiger partial charge in [-0.2, -0.15) is 8.42 Å². The zero-order valence-corrected chi connectivity index (χ0v) is 17.1. The number of fused-ring (bicyclic) bond motifs is 1. The van der Waals surface area contributed by atoms with Crippen LogP contribution in [0.4, 0.5) is 17.3 Å². The smallest absolute Gasteiger partial charge is 0.372 e. The third kappa shape index (κ3) is 5.59. The van der Waals surface area contributed by atoms with E-state index < -0.39 is 10.4 Å². The molecular weight excluding hydrogens is 394 g/mol. The summed E-state index contributed by atoms with van der Waals surface area (Å²) in [6, 6.07) is 15.4. The molecular formula is C19H23N5O4S. The van der Waals surface area contributed by atoms with Crippen LogP contribution in [0.25, 0.3) is 11.0 Å². The Labute approximate surface area is 169 Å². The van der Waals surface area contributed by atoms with Crippen LogP contribution in [-0.2, 0) is 21.6 Å². The Morgan fingerprint density at radius 1 is 1.14 bits per heavy atom. The fourth-order valence-electron chi connectivity index (χ4n) is 2.94. The standard InChI is InChI=1S/C19H23N5O4S/c1-3-24(13-6-14-28-29(25,26)27)16-11-9-15(10-12-16)21-22-19-20-17-7-4-5-8-18(17)23(19)2/h4-5,7-12H,3,6,13-14H2,1-2H3,(H,25,26,27)/b22-21-. The van der Waals surface area contributed by atoms with E-state index in [-0.39, 0.29) is 6.61 Å². The van der Waals surface area contributed by atoms with Crippen molar-refractivity contribution >= 4 is 38.8 Å². The fraction of sp³-hybridized carbons (Fsp3) is 0.316. The predicted octanol–water partition coefficient (Wildman–Crippen LogP) is 4.02. The molecule has 0 fully saturated rings. The number of nitrogens with zero attached hydrogens (tertiary/aromatic N) is 5. The molecule has 2 aromatic carbocycles. The first kappa shape index (κ1) is 20.9. The van der Waals surface area contributed by atoms with Crippen LogP contribution in [0.1, 0.15) is 13.3 Å². The second-order valence-electron chi connectivity index (χ2n) is 6.36. The summed E-state index contributed by atoms with van der Waals surface area (Å²) in [4.78, 5) is 6.54. The van der Waals surface area contributed by atoms with E-state index in [2.05, 4.69) is 24.3 Å². The van der Waals surface area contributed by atoms with Gasteiger partial charge >= 0.3 is 10.4 Å². The van der Waals surface area contributed by atoms with E-state index in [1.807, 2.05) is 67.1 Å². The molecule has 3 rings (SSSR count). The van der Waals surface area contributed by atoms with E-state index in [1.54, 1.807) is 0 Å². The lowest BCUT2D eigenvalue weighted by Gasteiger charge is -2.22. The average Bonchev–Trinajstić information content (AvgIpc) is 3.02. The molecule has 0 aliphatic rings. The van der Waals surface area contributed by atoms with Gasteiger partial charge in [0.15, 0.2) is 0 Å². The Bertz CT molecular complexity index is 1090. The van der Waals surface area contributed by atoms with E-state index in [4.69, 9.17) is 4.55 Å². The molecule has 0 amide bonds. The van der Waals surface area contributed by atoms with Gasteiger partial charge in [-0.1, -0.05) is 12.1 Å². The molecule has 29 heavy (non-hydrogen) atoms. The minimum absolute atomic E-state index is 0.0698. The Hall–Kier alpha value is -2.82. The summed E-state index contributed by atoms with van der Waals surface area (Å²) in [5.74, 6) is 0.532. The number of benzene rings is 2. The molecule has 0 atom stereocenters. The lowest BCUT2D eigenvalue weighted by Crippen LogP contribution is -2.25. The van der Waals surface area contributed by atoms with Crippen molar-refractivity contribution < 1.29 is 17.2 Å². The Balaban J connectivity index is 1.64. The molecule has 10 heteroatoms. The van der Waals surface area contributed by atoms with Crippen LogP contribution in [0, 0.1) is 0 Å². The Kier molecular flexibility index (Phi) is 6.57. The lowest BCUT2D eigenvalue weighted by atomic mass is 10.2. The molecule has 3 aromatic rings. The third-order valence-corrected chi connectivity index (χ3v) is 4.88. The number of hydrogen-bond acceptors (Lipinski definition) is 7. The van der Waals surface area contributed by atoms with Gasteiger partial charge in [-0.25, -0.2) is 9.17 Å². The van der Waals surface area contributed by atoms with Gasteiger partial charge in [-0.3, -0.25) is 4.55 Å². The second kappa shape index (κ2) is 9.12. The summed E-state index contributed by atoms with van der Waals surface area (Å²) in [5, 5.41) is 8.53. The van der Waals surface area contributed by atoms with Crippen molar-refractivity contribution in [1.82, 2.24) is 9.55 Å². The average molecular weight is 417 g/mol. The molecule has 1 N–H and O–H groups in total. The van der Waals surface area contributed by atoms with Crippen LogP contribution in [0.2, 0.25) is 0 Å². The van der Waals surface area contributed by atoms with Gasteiger partial charge in [-0.05, 0) is 49.7 Å². The molecule has 154 valence electrons. The van der Waals surface area contributed by atoms with Gasteiger partial charge < -0.3 is 9.47 Å². The lowest BCUT2D eigenvalue weighted by molar-refractivity contribution is 0.266. The minimum atomic E-state index is -4.39. The number of aromatic nitrogens is 2. The van der Waals surface area contributed by atoms with Gasteiger partial charge in [0, 0.05) is 25.8 Å². The molecule has 0 saturated heterocycles. The zero-order chi connectivity index (χ0) is 20.9. The molecule has 1 heterocycles. The monoisotopic (exact) mass is 417 g/mol. The maximum absolute atomic E-state index is 10.6. The molecule has 0 radical (unpaired) electrons. The predicted molar refractivity (Wildman–Crippen MR) is 111 cm³/mol. The normalized spacial score (nSPS) is 12.1. The molecule has 0 aliphatic heterocycles. The van der Waals surface area contributed by atoms with Crippen LogP contribution in [0.15, 0.2) is 58.8 Å². The van der Waals surface area contributed by atoms with Crippen molar-refractivity contribution in [1.29, 1.82) is 0 Å². The van der Waals surface area contributed by atoms with Crippen molar-refractivity contribution in [3.05, 3.63) is 48.5 Å². The SMILES string of the molecule is CCN(CCCOS(=O)(=O)O)c1ccc(/N=N\c2nc3ccccc3n2C)cc1. The molecule has 0 bridgehead atoms. The Morgan fingerprint density at radius 2 is 1.86 bits per heavy atom. The molecule has 9 nitrogen and oxygen atoms in total. The van der Waals surface area contributed by atoms with Crippen molar-refractivity contribution in [2.75, 3.05) is 24.6 Å². The zero-order valence-electron chi connectivity index (χ0n) is 16.3. The largest absolute Gasteiger partial charge is 0.397 e. The van der Waals surface area contributed by atoms with E-state index >= 15 is 0 Å². The van der Waals surface area contributed by atoms with Crippen LogP contribution >= 0.6 is 0 Å². The van der Waals surface area contributed by atoms with Gasteiger partial charge in [0.1, 0.15) is 0 Å². The summed E-state index contributed by atoms with van der Waals surface area (Å²) >= 11 is 0. The first-order valence-corrected chi connectivity index (χ1v) is 10.5. The van der Waals surface area contributed by atoms with Gasteiger partial charge in [-0.15, -0.1) is 10.2 Å². The number of para-hydroxylation sites is 2. The van der Waals surface area contributed by atoms with Crippen LogP contribution in [0.3, 0.4) is 0 Å². The summed E-state index contributed by atoms with van der Waals surface area (Å²) in [6.45, 7) is 3.27. The second-order valence-corrected chi connectivity index (χ2v) is 7.45. The van der Waals surface area contributed by atoms with Crippen molar-refractivity contribution in [2.45, 2.75) is 13.3 Å². The quantitative estimate of drug-likeness (QED) is 0.320. The number of aryl methyl sites for hydroxylation is 1. The topological polar surface area (TPSA) is 109 Å². The minimum Gasteiger partial charge on any atom is -0.372 e. The number of anilines is 1. The fourth-order valence-corrected chi connectivity index (χ4v) is 3.27. The molecule has 0 aliphatic carbocycles. The first-order chi connectivity index (χ1) is 13.9. The number of azo groups is 1. The number of hydrogen-bond donors (Lipinski definition) is 1. The maximum atomic E-state index is 10.6. The van der Waals surface area contributed by atoms with Crippen molar-refractivity contribution in [3.63, 3.8) is 0 Å². The van der Waals surface area contributed by atoms with Gasteiger partial charge in [0.05, 0.1) is 23.3 Å². The van der Waals surface area contributed by atoms with Crippen molar-refractivity contribution in [3.8, 4) is 0 Å². The summed E-state index contributed by atoms with van der Waals surface area (Å²) in [7, 11) is -2.49. The molecule has 0 unspecified atom stereocenters. The molecule has 0 saturated carbocycles. The highest BCUT2D eigenvalue weighted by molar-refractivity contribution is 7.80. The molecule has 0 spiro atoms. The van der Waals surface area contributed by atoms with Crippen LogP contribution in [-0.4, -0.2) is 42.2 Å². The highest BCUT2D eigenvalue weighted by Crippen LogP contribution is 2.24. The number of rotatable bonds is 9. The van der Waals surface area contributed by atoms with Gasteiger partial charge in [0.2, 0.25) is 5.95 Å². The van der Waals surface area contributed by atoms with E-state index in [9.17, 15) is 8.42 Å². The number of imidazole rings is 1. The van der Waals surface area contributed by atoms with Crippen molar-refractivity contribution in [2.24, 2.45) is 17.3 Å². The summed E-state index contributed by atoms with van der Waals surface area (Å²) in [6.07, 6.45) is 0.460. The van der Waals surface area contributed by atoms with E-state index in [1.165, 1.54) is 0 Å². The molecule has 1 aromatic heterocycles. The summed E-state index contributed by atoms with van der Waals surface area (Å²) < 4.78 is 36.0. The summed E-state index contributed by atoms with van der Waals surface area (Å²) in [5.41, 5.74) is 3.54. The highest BCUT2D eigenvalue weighted by Gasteiger charge is 2.08. The maximum Gasteiger partial charge on any atom is 0.397 e. The van der Waals surface area contributed by atoms with Crippen LogP contribution in [0.5, 0.6) is 0 Å². The van der Waals surface area contributed by atoms with Gasteiger partial charge in [0.25, 0.3) is 0 Å². The van der Waals surface area contributed by atoms with Crippen LogP contribution < -0.4 is 4.90 Å². The first-order valence-electron chi connectivity index (χ1n) is 9.17. The third-order valence-electron chi connectivity index (χ3n) is 4.42. The van der Waals surface area contributed by atoms with E-state index in [0.29, 0.717) is 24.6 Å². The highest BCUT2D eigenvalue weighted by atomic mass is 32.3. The Morgan fingerprint density at radius 3 is 2.52 bits per heavy atom. The van der Waals surface area contributed by atoms with E-state index in [0.717, 1.165) is 23.3 Å².